The SMILES string of the molecule is CC=C[C@@H]1NC(=O)[C@H](C)[C@@H](O[Si](C)(C)C(C)(C)C)[C@H]1C. The first-order chi connectivity index (χ1) is 9.01. The van der Waals surface area contributed by atoms with Crippen LogP contribution in [0.25, 0.3) is 0 Å². The second-order valence-electron chi connectivity index (χ2n) is 7.55. The third-order valence-electron chi connectivity index (χ3n) is 4.94. The first-order valence-electron chi connectivity index (χ1n) is 7.62. The lowest BCUT2D eigenvalue weighted by atomic mass is 9.83. The van der Waals surface area contributed by atoms with E-state index in [2.05, 4.69) is 52.2 Å². The summed E-state index contributed by atoms with van der Waals surface area (Å²) in [6.45, 7) is 17.4. The van der Waals surface area contributed by atoms with Gasteiger partial charge in [-0.3, -0.25) is 4.79 Å². The number of carbonyl (C=O) groups excluding carboxylic acids is 1. The summed E-state index contributed by atoms with van der Waals surface area (Å²) in [6.07, 6.45) is 4.07. The van der Waals surface area contributed by atoms with Gasteiger partial charge in [0.1, 0.15) is 0 Å². The van der Waals surface area contributed by atoms with Crippen LogP contribution in [0.3, 0.4) is 0 Å². The van der Waals surface area contributed by atoms with Gasteiger partial charge >= 0.3 is 0 Å². The van der Waals surface area contributed by atoms with Gasteiger partial charge in [0.2, 0.25) is 5.91 Å². The van der Waals surface area contributed by atoms with Crippen molar-refractivity contribution in [3.63, 3.8) is 0 Å². The minimum absolute atomic E-state index is 0.00541. The molecule has 0 aliphatic carbocycles. The monoisotopic (exact) mass is 297 g/mol. The van der Waals surface area contributed by atoms with Gasteiger partial charge in [0, 0.05) is 5.92 Å². The maximum absolute atomic E-state index is 12.2. The maximum atomic E-state index is 12.2. The molecule has 1 heterocycles. The van der Waals surface area contributed by atoms with E-state index in [1.807, 2.05) is 19.9 Å². The van der Waals surface area contributed by atoms with Crippen LogP contribution < -0.4 is 5.32 Å². The highest BCUT2D eigenvalue weighted by Crippen LogP contribution is 2.40. The topological polar surface area (TPSA) is 38.3 Å². The van der Waals surface area contributed by atoms with Crippen LogP contribution in [0, 0.1) is 11.8 Å². The van der Waals surface area contributed by atoms with Crippen molar-refractivity contribution in [1.82, 2.24) is 5.32 Å². The number of allylic oxidation sites excluding steroid dienone is 1. The van der Waals surface area contributed by atoms with Crippen molar-refractivity contribution in [3.05, 3.63) is 12.2 Å². The molecule has 0 aromatic rings. The molecule has 1 saturated heterocycles. The zero-order chi connectivity index (χ0) is 15.7. The quantitative estimate of drug-likeness (QED) is 0.637. The average molecular weight is 298 g/mol. The summed E-state index contributed by atoms with van der Waals surface area (Å²) in [7, 11) is -1.86. The first-order valence-corrected chi connectivity index (χ1v) is 10.5. The normalized spacial score (nSPS) is 32.5. The number of piperidine rings is 1. The lowest BCUT2D eigenvalue weighted by Gasteiger charge is -2.46. The number of nitrogens with one attached hydrogen (secondary N) is 1. The van der Waals surface area contributed by atoms with Gasteiger partial charge < -0.3 is 9.74 Å². The van der Waals surface area contributed by atoms with E-state index >= 15 is 0 Å². The molecule has 0 saturated carbocycles. The molecule has 0 unspecified atom stereocenters. The molecule has 0 aromatic heterocycles. The fourth-order valence-corrected chi connectivity index (χ4v) is 3.85. The number of hydrogen-bond acceptors (Lipinski definition) is 2. The van der Waals surface area contributed by atoms with E-state index in [1.54, 1.807) is 0 Å². The fraction of sp³-hybridized carbons (Fsp3) is 0.812. The van der Waals surface area contributed by atoms with Gasteiger partial charge in [-0.15, -0.1) is 0 Å². The van der Waals surface area contributed by atoms with E-state index in [4.69, 9.17) is 4.43 Å². The molecule has 1 amide bonds. The number of carbonyl (C=O) groups is 1. The predicted octanol–water partition coefficient (Wildman–Crippen LogP) is 3.72. The van der Waals surface area contributed by atoms with Gasteiger partial charge in [0.05, 0.1) is 18.1 Å². The van der Waals surface area contributed by atoms with E-state index in [9.17, 15) is 4.79 Å². The molecular weight excluding hydrogens is 266 g/mol. The highest BCUT2D eigenvalue weighted by atomic mass is 28.4. The van der Waals surface area contributed by atoms with Crippen LogP contribution >= 0.6 is 0 Å². The Morgan fingerprint density at radius 2 is 1.80 bits per heavy atom. The van der Waals surface area contributed by atoms with Gasteiger partial charge in [-0.25, -0.2) is 0 Å². The predicted molar refractivity (Wildman–Crippen MR) is 87.1 cm³/mol. The second-order valence-corrected chi connectivity index (χ2v) is 12.3. The van der Waals surface area contributed by atoms with E-state index in [-0.39, 0.29) is 29.0 Å². The van der Waals surface area contributed by atoms with Crippen LogP contribution in [0.4, 0.5) is 0 Å². The lowest BCUT2D eigenvalue weighted by Crippen LogP contribution is -2.58. The molecule has 4 heteroatoms. The Labute approximate surface area is 125 Å². The molecule has 0 spiro atoms. The third kappa shape index (κ3) is 3.53. The fourth-order valence-electron chi connectivity index (χ4n) is 2.39. The Balaban J connectivity index is 2.98. The molecular formula is C16H31NO2Si. The summed E-state index contributed by atoms with van der Waals surface area (Å²) in [4.78, 5) is 12.2. The molecule has 0 aromatic carbocycles. The van der Waals surface area contributed by atoms with E-state index in [1.165, 1.54) is 0 Å². The van der Waals surface area contributed by atoms with Crippen molar-refractivity contribution in [3.8, 4) is 0 Å². The zero-order valence-corrected chi connectivity index (χ0v) is 15.3. The number of amides is 1. The number of rotatable bonds is 3. The molecule has 4 atom stereocenters. The van der Waals surface area contributed by atoms with E-state index < -0.39 is 8.32 Å². The van der Waals surface area contributed by atoms with Gasteiger partial charge in [-0.2, -0.15) is 0 Å². The van der Waals surface area contributed by atoms with Crippen LogP contribution in [0.5, 0.6) is 0 Å². The molecule has 0 bridgehead atoms. The maximum Gasteiger partial charge on any atom is 0.225 e. The minimum atomic E-state index is -1.86. The molecule has 1 fully saturated rings. The van der Waals surface area contributed by atoms with E-state index in [0.29, 0.717) is 5.92 Å². The second kappa shape index (κ2) is 6.02. The summed E-state index contributed by atoms with van der Waals surface area (Å²) in [5, 5.41) is 3.24. The summed E-state index contributed by atoms with van der Waals surface area (Å²) < 4.78 is 6.56. The Kier molecular flexibility index (Phi) is 5.25. The summed E-state index contributed by atoms with van der Waals surface area (Å²) >= 11 is 0. The molecule has 1 N–H and O–H groups in total. The summed E-state index contributed by atoms with van der Waals surface area (Å²) in [6, 6.07) is 0.0819. The highest BCUT2D eigenvalue weighted by Gasteiger charge is 2.45. The Morgan fingerprint density at radius 1 is 1.25 bits per heavy atom. The molecule has 1 rings (SSSR count). The molecule has 1 aliphatic rings. The van der Waals surface area contributed by atoms with Crippen molar-refractivity contribution >= 4 is 14.2 Å². The smallest absolute Gasteiger partial charge is 0.225 e. The molecule has 1 aliphatic heterocycles. The molecule has 20 heavy (non-hydrogen) atoms. The van der Waals surface area contributed by atoms with Crippen molar-refractivity contribution in [2.24, 2.45) is 11.8 Å². The van der Waals surface area contributed by atoms with Crippen molar-refractivity contribution in [1.29, 1.82) is 0 Å². The molecule has 3 nitrogen and oxygen atoms in total. The zero-order valence-electron chi connectivity index (χ0n) is 14.3. The van der Waals surface area contributed by atoms with Crippen molar-refractivity contribution in [2.75, 3.05) is 0 Å². The largest absolute Gasteiger partial charge is 0.413 e. The first kappa shape index (κ1) is 17.4. The summed E-state index contributed by atoms with van der Waals surface area (Å²) in [5.74, 6) is 0.323. The van der Waals surface area contributed by atoms with Crippen LogP contribution in [-0.2, 0) is 9.22 Å². The summed E-state index contributed by atoms with van der Waals surface area (Å²) in [5.41, 5.74) is 0. The van der Waals surface area contributed by atoms with E-state index in [0.717, 1.165) is 0 Å². The van der Waals surface area contributed by atoms with Gasteiger partial charge in [0.15, 0.2) is 8.32 Å². The van der Waals surface area contributed by atoms with Crippen molar-refractivity contribution in [2.45, 2.75) is 71.8 Å². The van der Waals surface area contributed by atoms with Crippen LogP contribution in [0.15, 0.2) is 12.2 Å². The van der Waals surface area contributed by atoms with Gasteiger partial charge in [-0.05, 0) is 25.1 Å². The highest BCUT2D eigenvalue weighted by molar-refractivity contribution is 6.74. The van der Waals surface area contributed by atoms with Crippen LogP contribution in [-0.4, -0.2) is 26.4 Å². The van der Waals surface area contributed by atoms with Gasteiger partial charge in [0.25, 0.3) is 0 Å². The standard InChI is InChI=1S/C16H31NO2Si/c1-9-10-13-11(2)14(12(3)15(18)17-13)19-20(7,8)16(4,5)6/h9-14H,1-8H3,(H,17,18)/t11-,12+,13-,14-/m0/s1. The Hall–Kier alpha value is -0.613. The lowest BCUT2D eigenvalue weighted by molar-refractivity contribution is -0.133. The molecule has 116 valence electrons. The number of hydrogen-bond donors (Lipinski definition) is 1. The Bertz CT molecular complexity index is 384. The van der Waals surface area contributed by atoms with Crippen LogP contribution in [0.2, 0.25) is 18.1 Å². The third-order valence-corrected chi connectivity index (χ3v) is 9.41. The minimum Gasteiger partial charge on any atom is -0.413 e. The van der Waals surface area contributed by atoms with Gasteiger partial charge in [-0.1, -0.05) is 46.8 Å². The van der Waals surface area contributed by atoms with Crippen molar-refractivity contribution < 1.29 is 9.22 Å². The van der Waals surface area contributed by atoms with Crippen LogP contribution in [0.1, 0.15) is 41.5 Å². The Morgan fingerprint density at radius 3 is 2.25 bits per heavy atom. The molecule has 0 radical (unpaired) electrons. The average Bonchev–Trinajstić information content (AvgIpc) is 2.30.